The minimum Gasteiger partial charge on any atom is -0.465 e. The van der Waals surface area contributed by atoms with Gasteiger partial charge in [-0.15, -0.1) is 0 Å². The molecule has 0 unspecified atom stereocenters. The number of amides is 2. The van der Waals surface area contributed by atoms with Gasteiger partial charge in [-0.25, -0.2) is 4.79 Å². The van der Waals surface area contributed by atoms with Crippen molar-refractivity contribution in [3.05, 3.63) is 83.4 Å². The molecular formula is C25H22N2O5. The number of rotatable bonds is 5. The van der Waals surface area contributed by atoms with Crippen LogP contribution in [0.3, 0.4) is 0 Å². The molecule has 1 aliphatic rings. The normalized spacial score (nSPS) is 12.6. The van der Waals surface area contributed by atoms with Gasteiger partial charge in [0.15, 0.2) is 0 Å². The van der Waals surface area contributed by atoms with Crippen molar-refractivity contribution in [1.82, 2.24) is 0 Å². The monoisotopic (exact) mass is 430 g/mol. The maximum atomic E-state index is 13.2. The lowest BCUT2D eigenvalue weighted by Crippen LogP contribution is -2.43. The average Bonchev–Trinajstić information content (AvgIpc) is 2.80. The van der Waals surface area contributed by atoms with Crippen molar-refractivity contribution < 1.29 is 23.9 Å². The number of nitrogens with zero attached hydrogens (tertiary/aromatic N) is 1. The van der Waals surface area contributed by atoms with Crippen molar-refractivity contribution in [2.45, 2.75) is 13.3 Å². The summed E-state index contributed by atoms with van der Waals surface area (Å²) in [5.74, 6) is 0.137. The summed E-state index contributed by atoms with van der Waals surface area (Å²) in [6.07, 6.45) is 0.0491. The van der Waals surface area contributed by atoms with E-state index in [1.54, 1.807) is 12.1 Å². The van der Waals surface area contributed by atoms with E-state index in [-0.39, 0.29) is 30.3 Å². The largest absolute Gasteiger partial charge is 0.465 e. The number of carbonyl (C=O) groups excluding carboxylic acids is 3. The zero-order chi connectivity index (χ0) is 22.7. The summed E-state index contributed by atoms with van der Waals surface area (Å²) in [4.78, 5) is 38.7. The number of aryl methyl sites for hydroxylation is 1. The number of para-hydroxylation sites is 1. The fourth-order valence-corrected chi connectivity index (χ4v) is 3.50. The standard InChI is InChI=1S/C25H22N2O5/c1-16-7-10-19(11-8-16)32-22-6-4-3-5-17(22)14-24(29)27-15-23(28)26-20-13-18(25(30)31-2)9-12-21(20)27/h3-13H,14-15H2,1-2H3,(H,26,28). The lowest BCUT2D eigenvalue weighted by molar-refractivity contribution is -0.121. The number of methoxy groups -OCH3 is 1. The first-order valence-corrected chi connectivity index (χ1v) is 10.1. The maximum absolute atomic E-state index is 13.2. The number of nitrogens with one attached hydrogen (secondary N) is 1. The Morgan fingerprint density at radius 2 is 1.78 bits per heavy atom. The average molecular weight is 430 g/mol. The highest BCUT2D eigenvalue weighted by Crippen LogP contribution is 2.32. The highest BCUT2D eigenvalue weighted by molar-refractivity contribution is 6.11. The smallest absolute Gasteiger partial charge is 0.337 e. The van der Waals surface area contributed by atoms with Gasteiger partial charge in [0.05, 0.1) is 30.5 Å². The second kappa shape index (κ2) is 8.93. The number of benzene rings is 3. The van der Waals surface area contributed by atoms with Gasteiger partial charge in [0.2, 0.25) is 11.8 Å². The fourth-order valence-electron chi connectivity index (χ4n) is 3.50. The van der Waals surface area contributed by atoms with Gasteiger partial charge >= 0.3 is 5.97 Å². The van der Waals surface area contributed by atoms with Crippen LogP contribution in [0.5, 0.6) is 11.5 Å². The van der Waals surface area contributed by atoms with E-state index in [4.69, 9.17) is 9.47 Å². The Labute approximate surface area is 185 Å². The van der Waals surface area contributed by atoms with E-state index in [2.05, 4.69) is 5.32 Å². The van der Waals surface area contributed by atoms with E-state index in [0.29, 0.717) is 28.4 Å². The summed E-state index contributed by atoms with van der Waals surface area (Å²) in [5, 5.41) is 2.71. The molecule has 0 fully saturated rings. The van der Waals surface area contributed by atoms with E-state index < -0.39 is 5.97 Å². The molecule has 7 nitrogen and oxygen atoms in total. The predicted octanol–water partition coefficient (Wildman–Crippen LogP) is 4.10. The molecule has 0 bridgehead atoms. The second-order valence-electron chi connectivity index (χ2n) is 7.45. The molecule has 1 N–H and O–H groups in total. The van der Waals surface area contributed by atoms with Gasteiger partial charge in [-0.2, -0.15) is 0 Å². The van der Waals surface area contributed by atoms with Crippen molar-refractivity contribution in [2.24, 2.45) is 0 Å². The van der Waals surface area contributed by atoms with Gasteiger partial charge in [0.25, 0.3) is 0 Å². The third-order valence-corrected chi connectivity index (χ3v) is 5.15. The first-order valence-electron chi connectivity index (χ1n) is 10.1. The van der Waals surface area contributed by atoms with Crippen molar-refractivity contribution in [2.75, 3.05) is 23.9 Å². The summed E-state index contributed by atoms with van der Waals surface area (Å²) >= 11 is 0. The third kappa shape index (κ3) is 4.46. The first-order chi connectivity index (χ1) is 15.4. The molecule has 0 atom stereocenters. The zero-order valence-electron chi connectivity index (χ0n) is 17.8. The molecule has 162 valence electrons. The van der Waals surface area contributed by atoms with Gasteiger partial charge in [-0.1, -0.05) is 35.9 Å². The molecule has 0 aliphatic carbocycles. The van der Waals surface area contributed by atoms with Crippen LogP contribution >= 0.6 is 0 Å². The van der Waals surface area contributed by atoms with Crippen LogP contribution < -0.4 is 15.0 Å². The van der Waals surface area contributed by atoms with E-state index in [1.165, 1.54) is 18.1 Å². The lowest BCUT2D eigenvalue weighted by atomic mass is 10.1. The minimum atomic E-state index is -0.521. The topological polar surface area (TPSA) is 84.9 Å². The van der Waals surface area contributed by atoms with Gasteiger partial charge in [-0.3, -0.25) is 9.59 Å². The molecule has 0 radical (unpaired) electrons. The maximum Gasteiger partial charge on any atom is 0.337 e. The molecular weight excluding hydrogens is 408 g/mol. The predicted molar refractivity (Wildman–Crippen MR) is 120 cm³/mol. The van der Waals surface area contributed by atoms with Gasteiger partial charge in [0.1, 0.15) is 18.0 Å². The Kier molecular flexibility index (Phi) is 5.89. The molecule has 1 aliphatic heterocycles. The Bertz CT molecular complexity index is 1190. The van der Waals surface area contributed by atoms with Crippen LogP contribution in [0.4, 0.5) is 11.4 Å². The van der Waals surface area contributed by atoms with Crippen molar-refractivity contribution >= 4 is 29.2 Å². The molecule has 2 amide bonds. The molecule has 7 heteroatoms. The van der Waals surface area contributed by atoms with E-state index >= 15 is 0 Å². The van der Waals surface area contributed by atoms with Gasteiger partial charge in [-0.05, 0) is 43.3 Å². The first kappa shape index (κ1) is 21.1. The van der Waals surface area contributed by atoms with E-state index in [0.717, 1.165) is 5.56 Å². The Balaban J connectivity index is 1.58. The van der Waals surface area contributed by atoms with Crippen LogP contribution in [0.2, 0.25) is 0 Å². The highest BCUT2D eigenvalue weighted by Gasteiger charge is 2.28. The lowest BCUT2D eigenvalue weighted by Gasteiger charge is -2.29. The van der Waals surface area contributed by atoms with Crippen LogP contribution in [-0.2, 0) is 20.7 Å². The summed E-state index contributed by atoms with van der Waals surface area (Å²) in [6.45, 7) is 1.89. The zero-order valence-corrected chi connectivity index (χ0v) is 17.8. The number of hydrogen-bond acceptors (Lipinski definition) is 5. The number of carbonyl (C=O) groups is 3. The van der Waals surface area contributed by atoms with Gasteiger partial charge < -0.3 is 19.7 Å². The summed E-state index contributed by atoms with van der Waals surface area (Å²) in [7, 11) is 1.28. The van der Waals surface area contributed by atoms with Crippen molar-refractivity contribution in [3.63, 3.8) is 0 Å². The summed E-state index contributed by atoms with van der Waals surface area (Å²) in [6, 6.07) is 19.7. The molecule has 0 aromatic heterocycles. The van der Waals surface area contributed by atoms with Crippen LogP contribution in [0.1, 0.15) is 21.5 Å². The Hall–Kier alpha value is -4.13. The van der Waals surface area contributed by atoms with Crippen LogP contribution in [0, 0.1) is 6.92 Å². The number of hydrogen-bond donors (Lipinski definition) is 1. The number of fused-ring (bicyclic) bond motifs is 1. The van der Waals surface area contributed by atoms with Crippen molar-refractivity contribution in [1.29, 1.82) is 0 Å². The number of esters is 1. The number of ether oxygens (including phenoxy) is 2. The molecule has 0 saturated heterocycles. The van der Waals surface area contributed by atoms with Crippen molar-refractivity contribution in [3.8, 4) is 11.5 Å². The number of anilines is 2. The molecule has 3 aromatic rings. The quantitative estimate of drug-likeness (QED) is 0.616. The molecule has 3 aromatic carbocycles. The second-order valence-corrected chi connectivity index (χ2v) is 7.45. The molecule has 32 heavy (non-hydrogen) atoms. The highest BCUT2D eigenvalue weighted by atomic mass is 16.5. The fraction of sp³-hybridized carbons (Fsp3) is 0.160. The molecule has 0 spiro atoms. The SMILES string of the molecule is COC(=O)c1ccc2c(c1)NC(=O)CN2C(=O)Cc1ccccc1Oc1ccc(C)cc1. The molecule has 1 heterocycles. The van der Waals surface area contributed by atoms with Gasteiger partial charge in [0, 0.05) is 5.56 Å². The summed E-state index contributed by atoms with van der Waals surface area (Å²) in [5.41, 5.74) is 3.04. The Morgan fingerprint density at radius 1 is 1.03 bits per heavy atom. The van der Waals surface area contributed by atoms with Crippen LogP contribution in [-0.4, -0.2) is 31.4 Å². The van der Waals surface area contributed by atoms with E-state index in [1.807, 2.05) is 55.5 Å². The van der Waals surface area contributed by atoms with Crippen LogP contribution in [0.15, 0.2) is 66.7 Å². The third-order valence-electron chi connectivity index (χ3n) is 5.15. The summed E-state index contributed by atoms with van der Waals surface area (Å²) < 4.78 is 10.7. The Morgan fingerprint density at radius 3 is 2.53 bits per heavy atom. The molecule has 0 saturated carbocycles. The minimum absolute atomic E-state index is 0.0491. The van der Waals surface area contributed by atoms with E-state index in [9.17, 15) is 14.4 Å². The van der Waals surface area contributed by atoms with Crippen LogP contribution in [0.25, 0.3) is 0 Å². The molecule has 4 rings (SSSR count).